The molecule has 0 unspecified atom stereocenters. The lowest BCUT2D eigenvalue weighted by molar-refractivity contribution is 0.0638. The molecule has 3 heterocycles. The van der Waals surface area contributed by atoms with Crippen LogP contribution in [0.2, 0.25) is 0 Å². The Morgan fingerprint density at radius 2 is 1.71 bits per heavy atom. The van der Waals surface area contributed by atoms with Gasteiger partial charge < -0.3 is 0 Å². The van der Waals surface area contributed by atoms with Gasteiger partial charge in [0.25, 0.3) is 11.8 Å². The minimum absolute atomic E-state index is 0.0901. The topological polar surface area (TPSA) is 67.6 Å². The van der Waals surface area contributed by atoms with E-state index in [4.69, 9.17) is 0 Å². The van der Waals surface area contributed by atoms with Crippen molar-refractivity contribution in [3.05, 3.63) is 65.1 Å². The number of rotatable bonds is 3. The van der Waals surface area contributed by atoms with Gasteiger partial charge in [-0.1, -0.05) is 18.2 Å². The van der Waals surface area contributed by atoms with Crippen LogP contribution in [0.15, 0.2) is 42.6 Å². The first kappa shape index (κ1) is 13.4. The average molecular weight is 318 g/mol. The third-order valence-electron chi connectivity index (χ3n) is 4.62. The first-order chi connectivity index (χ1) is 11.7. The fourth-order valence-electron chi connectivity index (χ4n) is 3.19. The van der Waals surface area contributed by atoms with E-state index in [1.165, 1.54) is 23.3 Å². The van der Waals surface area contributed by atoms with Crippen LogP contribution in [0.25, 0.3) is 5.65 Å². The highest BCUT2D eigenvalue weighted by Gasteiger charge is 2.35. The summed E-state index contributed by atoms with van der Waals surface area (Å²) >= 11 is 0. The number of imide groups is 1. The number of hydrogen-bond acceptors (Lipinski definition) is 4. The second kappa shape index (κ2) is 4.74. The fourth-order valence-corrected chi connectivity index (χ4v) is 3.19. The largest absolute Gasteiger partial charge is 0.269 e. The summed E-state index contributed by atoms with van der Waals surface area (Å²) in [4.78, 5) is 30.5. The Balaban J connectivity index is 1.47. The van der Waals surface area contributed by atoms with E-state index in [-0.39, 0.29) is 18.4 Å². The van der Waals surface area contributed by atoms with E-state index in [2.05, 4.69) is 16.1 Å². The maximum absolute atomic E-state index is 12.4. The number of fused-ring (bicyclic) bond motifs is 2. The molecule has 6 nitrogen and oxygen atoms in total. The van der Waals surface area contributed by atoms with E-state index < -0.39 is 0 Å². The van der Waals surface area contributed by atoms with Gasteiger partial charge in [-0.25, -0.2) is 9.50 Å². The molecule has 118 valence electrons. The molecule has 1 aromatic carbocycles. The summed E-state index contributed by atoms with van der Waals surface area (Å²) in [6.07, 6.45) is 4.44. The lowest BCUT2D eigenvalue weighted by atomic mass is 10.1. The van der Waals surface area contributed by atoms with Crippen molar-refractivity contribution in [2.75, 3.05) is 0 Å². The van der Waals surface area contributed by atoms with Crippen molar-refractivity contribution < 1.29 is 9.59 Å². The molecule has 2 amide bonds. The summed E-state index contributed by atoms with van der Waals surface area (Å²) in [5.74, 6) is 0.539. The molecular weight excluding hydrogens is 304 g/mol. The van der Waals surface area contributed by atoms with Crippen LogP contribution in [-0.2, 0) is 6.54 Å². The van der Waals surface area contributed by atoms with Gasteiger partial charge in [0.1, 0.15) is 0 Å². The molecule has 1 saturated carbocycles. The normalized spacial score (nSPS) is 16.9. The van der Waals surface area contributed by atoms with Crippen molar-refractivity contribution in [2.24, 2.45) is 0 Å². The molecule has 0 radical (unpaired) electrons. The van der Waals surface area contributed by atoms with Crippen molar-refractivity contribution in [2.45, 2.75) is 25.3 Å². The van der Waals surface area contributed by atoms with Crippen LogP contribution in [-0.4, -0.2) is 31.3 Å². The van der Waals surface area contributed by atoms with Crippen molar-refractivity contribution in [1.82, 2.24) is 19.5 Å². The van der Waals surface area contributed by atoms with E-state index in [0.717, 1.165) is 5.65 Å². The number of pyridine rings is 1. The molecule has 2 aromatic heterocycles. The van der Waals surface area contributed by atoms with E-state index in [9.17, 15) is 9.59 Å². The number of benzene rings is 1. The molecule has 0 bridgehead atoms. The van der Waals surface area contributed by atoms with Gasteiger partial charge in [-0.15, -0.1) is 5.10 Å². The van der Waals surface area contributed by atoms with E-state index in [0.29, 0.717) is 22.9 Å². The predicted molar refractivity (Wildman–Crippen MR) is 85.6 cm³/mol. The molecule has 0 N–H and O–H groups in total. The summed E-state index contributed by atoms with van der Waals surface area (Å²) in [6, 6.07) is 10.9. The Hall–Kier alpha value is -3.02. The second-order valence-corrected chi connectivity index (χ2v) is 6.31. The van der Waals surface area contributed by atoms with E-state index in [1.807, 2.05) is 12.3 Å². The van der Waals surface area contributed by atoms with Crippen LogP contribution >= 0.6 is 0 Å². The molecular formula is C18H14N4O2. The average Bonchev–Trinajstić information content (AvgIpc) is 3.33. The minimum Gasteiger partial charge on any atom is -0.269 e. The Morgan fingerprint density at radius 1 is 1.00 bits per heavy atom. The quantitative estimate of drug-likeness (QED) is 0.696. The molecule has 3 aromatic rings. The molecule has 0 atom stereocenters. The smallest absolute Gasteiger partial charge is 0.261 e. The number of carbonyl (C=O) groups excluding carboxylic acids is 2. The van der Waals surface area contributed by atoms with Gasteiger partial charge in [0.2, 0.25) is 0 Å². The Morgan fingerprint density at radius 3 is 2.38 bits per heavy atom. The highest BCUT2D eigenvalue weighted by molar-refractivity contribution is 6.21. The molecule has 24 heavy (non-hydrogen) atoms. The first-order valence-corrected chi connectivity index (χ1v) is 8.01. The highest BCUT2D eigenvalue weighted by atomic mass is 16.2. The lowest BCUT2D eigenvalue weighted by Gasteiger charge is -2.10. The zero-order valence-electron chi connectivity index (χ0n) is 12.8. The van der Waals surface area contributed by atoms with E-state index >= 15 is 0 Å². The SMILES string of the molecule is O=C1c2ccccc2C(=O)N1Cc1nc2ccc(C3CC3)cn2n1. The van der Waals surface area contributed by atoms with Crippen LogP contribution in [0.3, 0.4) is 0 Å². The van der Waals surface area contributed by atoms with Gasteiger partial charge in [0.05, 0.1) is 17.7 Å². The van der Waals surface area contributed by atoms with Crippen LogP contribution < -0.4 is 0 Å². The molecule has 2 aliphatic rings. The molecule has 1 aliphatic heterocycles. The van der Waals surface area contributed by atoms with Crippen LogP contribution in [0.1, 0.15) is 50.9 Å². The molecule has 0 spiro atoms. The van der Waals surface area contributed by atoms with Gasteiger partial charge in [-0.05, 0) is 42.5 Å². The number of carbonyl (C=O) groups is 2. The third kappa shape index (κ3) is 1.96. The summed E-state index contributed by atoms with van der Waals surface area (Å²) in [5.41, 5.74) is 2.88. The standard InChI is InChI=1S/C18H14N4O2/c23-17-13-3-1-2-4-14(13)18(24)21(17)10-15-19-16-8-7-12(11-5-6-11)9-22(16)20-15/h1-4,7-9,11H,5-6,10H2. The summed E-state index contributed by atoms with van der Waals surface area (Å²) < 4.78 is 1.74. The summed E-state index contributed by atoms with van der Waals surface area (Å²) in [7, 11) is 0. The van der Waals surface area contributed by atoms with Crippen molar-refractivity contribution >= 4 is 17.5 Å². The summed E-state index contributed by atoms with van der Waals surface area (Å²) in [5, 5.41) is 4.44. The predicted octanol–water partition coefficient (Wildman–Crippen LogP) is 2.40. The maximum Gasteiger partial charge on any atom is 0.261 e. The maximum atomic E-state index is 12.4. The fraction of sp³-hybridized carbons (Fsp3) is 0.222. The van der Waals surface area contributed by atoms with Crippen LogP contribution in [0.5, 0.6) is 0 Å². The lowest BCUT2D eigenvalue weighted by Crippen LogP contribution is -2.29. The van der Waals surface area contributed by atoms with E-state index in [1.54, 1.807) is 28.8 Å². The molecule has 6 heteroatoms. The number of amides is 2. The number of nitrogens with zero attached hydrogens (tertiary/aromatic N) is 4. The third-order valence-corrected chi connectivity index (χ3v) is 4.62. The first-order valence-electron chi connectivity index (χ1n) is 8.01. The van der Waals surface area contributed by atoms with Crippen molar-refractivity contribution in [3.63, 3.8) is 0 Å². The van der Waals surface area contributed by atoms with Gasteiger partial charge >= 0.3 is 0 Å². The van der Waals surface area contributed by atoms with Gasteiger partial charge in [0, 0.05) is 6.20 Å². The molecule has 1 aliphatic carbocycles. The van der Waals surface area contributed by atoms with Gasteiger partial charge in [-0.2, -0.15) is 0 Å². The van der Waals surface area contributed by atoms with Crippen LogP contribution in [0.4, 0.5) is 0 Å². The van der Waals surface area contributed by atoms with Crippen molar-refractivity contribution in [1.29, 1.82) is 0 Å². The van der Waals surface area contributed by atoms with Crippen molar-refractivity contribution in [3.8, 4) is 0 Å². The summed E-state index contributed by atoms with van der Waals surface area (Å²) in [6.45, 7) is 0.0901. The Labute approximate surface area is 137 Å². The van der Waals surface area contributed by atoms with Crippen LogP contribution in [0, 0.1) is 0 Å². The van der Waals surface area contributed by atoms with Gasteiger partial charge in [-0.3, -0.25) is 14.5 Å². The zero-order valence-corrected chi connectivity index (χ0v) is 12.8. The Bertz CT molecular complexity index is 968. The zero-order chi connectivity index (χ0) is 16.3. The molecule has 0 saturated heterocycles. The molecule has 5 rings (SSSR count). The number of hydrogen-bond donors (Lipinski definition) is 0. The second-order valence-electron chi connectivity index (χ2n) is 6.31. The number of aromatic nitrogens is 3. The highest BCUT2D eigenvalue weighted by Crippen LogP contribution is 2.39. The molecule has 1 fully saturated rings. The minimum atomic E-state index is -0.284. The monoisotopic (exact) mass is 318 g/mol. The van der Waals surface area contributed by atoms with Gasteiger partial charge in [0.15, 0.2) is 11.5 Å². The Kier molecular flexibility index (Phi) is 2.65.